The Morgan fingerprint density at radius 2 is 1.64 bits per heavy atom. The predicted octanol–water partition coefficient (Wildman–Crippen LogP) is 2.99. The van der Waals surface area contributed by atoms with E-state index in [1.54, 1.807) is 18.2 Å². The lowest BCUT2D eigenvalue weighted by Crippen LogP contribution is -2.28. The third-order valence-corrected chi connectivity index (χ3v) is 4.96. The van der Waals surface area contributed by atoms with Crippen molar-refractivity contribution in [3.05, 3.63) is 57.9 Å². The van der Waals surface area contributed by atoms with Crippen LogP contribution in [0.5, 0.6) is 23.0 Å². The van der Waals surface area contributed by atoms with E-state index in [1.807, 2.05) is 18.2 Å². The Morgan fingerprint density at radius 1 is 0.964 bits per heavy atom. The number of ether oxygens (including phenoxy) is 4. The zero-order chi connectivity index (χ0) is 19.8. The maximum Gasteiger partial charge on any atom is 0.312 e. The number of benzene rings is 2. The number of aromatic nitrogens is 1. The van der Waals surface area contributed by atoms with Crippen LogP contribution in [0.4, 0.5) is 0 Å². The molecule has 7 nitrogen and oxygen atoms in total. The quantitative estimate of drug-likeness (QED) is 0.699. The van der Waals surface area contributed by atoms with Gasteiger partial charge < -0.3 is 23.9 Å². The van der Waals surface area contributed by atoms with Crippen LogP contribution in [0, 0.1) is 0 Å². The van der Waals surface area contributed by atoms with Crippen LogP contribution in [0.25, 0.3) is 10.9 Å². The number of para-hydroxylation sites is 1. The minimum absolute atomic E-state index is 0.0142. The molecule has 1 aromatic heterocycles. The highest BCUT2D eigenvalue weighted by atomic mass is 16.5. The number of aromatic amines is 1. The number of hydrogen-bond donors (Lipinski definition) is 1. The Hall–Kier alpha value is -3.48. The molecule has 1 aliphatic heterocycles. The van der Waals surface area contributed by atoms with Crippen molar-refractivity contribution in [1.29, 1.82) is 0 Å². The molecule has 1 unspecified atom stereocenters. The first-order valence-electron chi connectivity index (χ1n) is 8.72. The van der Waals surface area contributed by atoms with Crippen molar-refractivity contribution >= 4 is 16.9 Å². The van der Waals surface area contributed by atoms with Crippen LogP contribution in [-0.4, -0.2) is 32.3 Å². The number of fused-ring (bicyclic) bond motifs is 3. The number of methoxy groups -OCH3 is 3. The van der Waals surface area contributed by atoms with E-state index in [4.69, 9.17) is 18.9 Å². The molecule has 28 heavy (non-hydrogen) atoms. The zero-order valence-corrected chi connectivity index (χ0v) is 15.7. The Balaban J connectivity index is 2.00. The van der Waals surface area contributed by atoms with E-state index < -0.39 is 11.9 Å². The maximum atomic E-state index is 12.9. The molecule has 0 fully saturated rings. The molecule has 4 rings (SSSR count). The Labute approximate surface area is 160 Å². The van der Waals surface area contributed by atoms with Crippen LogP contribution in [0.3, 0.4) is 0 Å². The summed E-state index contributed by atoms with van der Waals surface area (Å²) in [5.74, 6) is 0.808. The van der Waals surface area contributed by atoms with Crippen LogP contribution in [-0.2, 0) is 4.79 Å². The van der Waals surface area contributed by atoms with Gasteiger partial charge in [-0.05, 0) is 18.2 Å². The molecule has 7 heteroatoms. The van der Waals surface area contributed by atoms with Gasteiger partial charge in [0.2, 0.25) is 0 Å². The number of pyridine rings is 1. The summed E-state index contributed by atoms with van der Waals surface area (Å²) < 4.78 is 21.7. The lowest BCUT2D eigenvalue weighted by molar-refractivity contribution is -0.135. The molecular weight excluding hydrogens is 362 g/mol. The van der Waals surface area contributed by atoms with Gasteiger partial charge in [0.05, 0.1) is 38.8 Å². The molecule has 2 heterocycles. The van der Waals surface area contributed by atoms with Crippen molar-refractivity contribution in [1.82, 2.24) is 4.98 Å². The molecular formula is C21H19NO6. The minimum atomic E-state index is -0.542. The average Bonchev–Trinajstić information content (AvgIpc) is 2.72. The van der Waals surface area contributed by atoms with Gasteiger partial charge in [-0.2, -0.15) is 0 Å². The fourth-order valence-corrected chi connectivity index (χ4v) is 3.67. The van der Waals surface area contributed by atoms with Crippen LogP contribution in [0.15, 0.2) is 41.2 Å². The van der Waals surface area contributed by atoms with Gasteiger partial charge in [-0.25, -0.2) is 0 Å². The summed E-state index contributed by atoms with van der Waals surface area (Å²) in [5, 5.41) is 0.676. The topological polar surface area (TPSA) is 86.9 Å². The molecule has 0 aliphatic carbocycles. The van der Waals surface area contributed by atoms with Gasteiger partial charge in [0.15, 0.2) is 11.5 Å². The SMILES string of the molecule is COc1cc(OC)c(C2CC(=O)Oc3c2c(=O)[nH]c2ccccc32)cc1OC. The molecule has 0 amide bonds. The molecule has 1 aliphatic rings. The van der Waals surface area contributed by atoms with Gasteiger partial charge in [-0.1, -0.05) is 12.1 Å². The summed E-state index contributed by atoms with van der Waals surface area (Å²) in [6.45, 7) is 0. The van der Waals surface area contributed by atoms with Gasteiger partial charge in [0, 0.05) is 22.9 Å². The Morgan fingerprint density at radius 3 is 2.36 bits per heavy atom. The third kappa shape index (κ3) is 2.76. The smallest absolute Gasteiger partial charge is 0.312 e. The van der Waals surface area contributed by atoms with Crippen LogP contribution in [0.1, 0.15) is 23.5 Å². The summed E-state index contributed by atoms with van der Waals surface area (Å²) in [6.07, 6.45) is 0.0142. The van der Waals surface area contributed by atoms with Crippen molar-refractivity contribution in [2.75, 3.05) is 21.3 Å². The average molecular weight is 381 g/mol. The van der Waals surface area contributed by atoms with Gasteiger partial charge in [-0.3, -0.25) is 9.59 Å². The standard InChI is InChI=1S/C21H19NO6/c1-25-15-10-17(27-3)16(26-2)8-12(15)13-9-18(23)28-20-11-6-4-5-7-14(11)22-21(24)19(13)20/h4-8,10,13H,9H2,1-3H3,(H,22,24). The normalized spacial score (nSPS) is 15.7. The first-order chi connectivity index (χ1) is 13.6. The number of hydrogen-bond acceptors (Lipinski definition) is 6. The lowest BCUT2D eigenvalue weighted by Gasteiger charge is -2.26. The van der Waals surface area contributed by atoms with E-state index in [0.29, 0.717) is 39.3 Å². The number of H-pyrrole nitrogens is 1. The Bertz CT molecular complexity index is 1130. The molecule has 1 N–H and O–H groups in total. The van der Waals surface area contributed by atoms with E-state index >= 15 is 0 Å². The summed E-state index contributed by atoms with van der Waals surface area (Å²) >= 11 is 0. The van der Waals surface area contributed by atoms with Gasteiger partial charge in [-0.15, -0.1) is 0 Å². The van der Waals surface area contributed by atoms with E-state index in [9.17, 15) is 9.59 Å². The molecule has 3 aromatic rings. The van der Waals surface area contributed by atoms with Crippen molar-refractivity contribution in [2.45, 2.75) is 12.3 Å². The summed E-state index contributed by atoms with van der Waals surface area (Å²) in [7, 11) is 4.58. The van der Waals surface area contributed by atoms with E-state index in [1.165, 1.54) is 21.3 Å². The molecule has 144 valence electrons. The third-order valence-electron chi connectivity index (χ3n) is 4.96. The lowest BCUT2D eigenvalue weighted by atomic mass is 9.85. The maximum absolute atomic E-state index is 12.9. The number of carbonyl (C=O) groups excluding carboxylic acids is 1. The first-order valence-corrected chi connectivity index (χ1v) is 8.72. The van der Waals surface area contributed by atoms with E-state index in [-0.39, 0.29) is 17.7 Å². The van der Waals surface area contributed by atoms with E-state index in [2.05, 4.69) is 4.98 Å². The molecule has 1 atom stereocenters. The van der Waals surface area contributed by atoms with Crippen molar-refractivity contribution < 1.29 is 23.7 Å². The number of esters is 1. The molecule has 0 spiro atoms. The fraction of sp³-hybridized carbons (Fsp3) is 0.238. The highest BCUT2D eigenvalue weighted by Crippen LogP contribution is 2.45. The van der Waals surface area contributed by atoms with Crippen molar-refractivity contribution in [3.63, 3.8) is 0 Å². The number of rotatable bonds is 4. The van der Waals surface area contributed by atoms with Crippen molar-refractivity contribution in [2.24, 2.45) is 0 Å². The molecule has 0 radical (unpaired) electrons. The highest BCUT2D eigenvalue weighted by Gasteiger charge is 2.35. The Kier molecular flexibility index (Phi) is 4.43. The van der Waals surface area contributed by atoms with Gasteiger partial charge in [0.1, 0.15) is 11.5 Å². The summed E-state index contributed by atoms with van der Waals surface area (Å²) in [4.78, 5) is 28.2. The first kappa shape index (κ1) is 17.9. The highest BCUT2D eigenvalue weighted by molar-refractivity contribution is 5.91. The van der Waals surface area contributed by atoms with E-state index in [0.717, 1.165) is 0 Å². The monoisotopic (exact) mass is 381 g/mol. The number of nitrogens with one attached hydrogen (secondary N) is 1. The minimum Gasteiger partial charge on any atom is -0.496 e. The fourth-order valence-electron chi connectivity index (χ4n) is 3.67. The summed E-state index contributed by atoms with van der Waals surface area (Å²) in [5.41, 5.74) is 1.35. The van der Waals surface area contributed by atoms with Crippen molar-refractivity contribution in [3.8, 4) is 23.0 Å². The second kappa shape index (κ2) is 6.92. The largest absolute Gasteiger partial charge is 0.496 e. The second-order valence-corrected chi connectivity index (χ2v) is 6.42. The number of carbonyl (C=O) groups is 1. The van der Waals surface area contributed by atoms with Crippen LogP contribution < -0.4 is 24.5 Å². The van der Waals surface area contributed by atoms with Gasteiger partial charge in [0.25, 0.3) is 5.56 Å². The van der Waals surface area contributed by atoms with Crippen LogP contribution >= 0.6 is 0 Å². The molecule has 0 saturated heterocycles. The molecule has 0 bridgehead atoms. The summed E-state index contributed by atoms with van der Waals surface area (Å²) in [6, 6.07) is 10.6. The predicted molar refractivity (Wildman–Crippen MR) is 103 cm³/mol. The van der Waals surface area contributed by atoms with Crippen LogP contribution in [0.2, 0.25) is 0 Å². The molecule has 0 saturated carbocycles. The second-order valence-electron chi connectivity index (χ2n) is 6.42. The zero-order valence-electron chi connectivity index (χ0n) is 15.7. The molecule has 2 aromatic carbocycles. The van der Waals surface area contributed by atoms with Gasteiger partial charge >= 0.3 is 5.97 Å².